The predicted octanol–water partition coefficient (Wildman–Crippen LogP) is 3.59. The number of alkyl halides is 2. The Kier molecular flexibility index (Phi) is 4.15. The molecule has 0 amide bonds. The molecule has 5 rings (SSSR count). The largest absolute Gasteiger partial charge is 0.435 e. The van der Waals surface area contributed by atoms with Gasteiger partial charge in [0.25, 0.3) is 5.56 Å². The Morgan fingerprint density at radius 2 is 2.00 bits per heavy atom. The summed E-state index contributed by atoms with van der Waals surface area (Å²) in [5.41, 5.74) is 2.70. The van der Waals surface area contributed by atoms with Crippen LogP contribution in [0.2, 0.25) is 0 Å². The molecular formula is C20H17F2N5O2. The number of hydrogen-bond acceptors (Lipinski definition) is 4. The van der Waals surface area contributed by atoms with Crippen molar-refractivity contribution in [3.05, 3.63) is 59.3 Å². The van der Waals surface area contributed by atoms with Gasteiger partial charge in [0.15, 0.2) is 0 Å². The number of benzene rings is 1. The van der Waals surface area contributed by atoms with Gasteiger partial charge < -0.3 is 9.30 Å². The number of aromatic nitrogens is 5. The highest BCUT2D eigenvalue weighted by Gasteiger charge is 2.25. The SMILES string of the molecule is O=c1c(-c2ccc(OC(F)F)cc2)c2c(ccn2CC2CC2)nn1-c1cn[nH]c1. The molecule has 7 nitrogen and oxygen atoms in total. The third-order valence-electron chi connectivity index (χ3n) is 5.04. The average Bonchev–Trinajstić information content (AvgIpc) is 3.19. The zero-order chi connectivity index (χ0) is 20.0. The van der Waals surface area contributed by atoms with E-state index in [1.54, 1.807) is 18.3 Å². The summed E-state index contributed by atoms with van der Waals surface area (Å²) in [6.07, 6.45) is 7.39. The Morgan fingerprint density at radius 1 is 1.21 bits per heavy atom. The number of aromatic amines is 1. The minimum absolute atomic E-state index is 0.0394. The lowest BCUT2D eigenvalue weighted by atomic mass is 10.1. The van der Waals surface area contributed by atoms with Gasteiger partial charge in [-0.25, -0.2) is 0 Å². The van der Waals surface area contributed by atoms with E-state index in [1.807, 2.05) is 12.3 Å². The van der Waals surface area contributed by atoms with Crippen LogP contribution in [0.25, 0.3) is 27.8 Å². The lowest BCUT2D eigenvalue weighted by molar-refractivity contribution is -0.0498. The highest BCUT2D eigenvalue weighted by molar-refractivity contribution is 5.91. The van der Waals surface area contributed by atoms with E-state index in [0.29, 0.717) is 28.2 Å². The van der Waals surface area contributed by atoms with E-state index >= 15 is 0 Å². The molecule has 1 aliphatic rings. The van der Waals surface area contributed by atoms with Crippen molar-refractivity contribution >= 4 is 11.0 Å². The quantitative estimate of drug-likeness (QED) is 0.539. The number of nitrogens with zero attached hydrogens (tertiary/aromatic N) is 4. The molecule has 0 spiro atoms. The fourth-order valence-electron chi connectivity index (χ4n) is 3.50. The molecule has 29 heavy (non-hydrogen) atoms. The molecule has 1 aromatic carbocycles. The fraction of sp³-hybridized carbons (Fsp3) is 0.250. The molecule has 1 fully saturated rings. The van der Waals surface area contributed by atoms with Gasteiger partial charge in [-0.3, -0.25) is 9.89 Å². The van der Waals surface area contributed by atoms with Crippen molar-refractivity contribution in [3.63, 3.8) is 0 Å². The normalized spacial score (nSPS) is 14.0. The predicted molar refractivity (Wildman–Crippen MR) is 102 cm³/mol. The highest BCUT2D eigenvalue weighted by Crippen LogP contribution is 2.34. The minimum atomic E-state index is -2.90. The maximum atomic E-state index is 13.4. The van der Waals surface area contributed by atoms with E-state index in [0.717, 1.165) is 12.1 Å². The van der Waals surface area contributed by atoms with Gasteiger partial charge in [0.1, 0.15) is 17.0 Å². The molecule has 0 bridgehead atoms. The Hall–Kier alpha value is -3.49. The first-order chi connectivity index (χ1) is 14.1. The topological polar surface area (TPSA) is 77.7 Å². The second-order valence-electron chi connectivity index (χ2n) is 7.10. The number of fused-ring (bicyclic) bond motifs is 1. The summed E-state index contributed by atoms with van der Waals surface area (Å²) >= 11 is 0. The van der Waals surface area contributed by atoms with Crippen LogP contribution in [0.5, 0.6) is 5.75 Å². The first-order valence-electron chi connectivity index (χ1n) is 9.27. The van der Waals surface area contributed by atoms with Crippen LogP contribution in [0.3, 0.4) is 0 Å². The van der Waals surface area contributed by atoms with Gasteiger partial charge in [-0.05, 0) is 42.5 Å². The maximum Gasteiger partial charge on any atom is 0.387 e. The van der Waals surface area contributed by atoms with Crippen LogP contribution in [0.1, 0.15) is 12.8 Å². The van der Waals surface area contributed by atoms with E-state index in [9.17, 15) is 13.6 Å². The lowest BCUT2D eigenvalue weighted by Gasteiger charge is -2.12. The van der Waals surface area contributed by atoms with E-state index in [-0.39, 0.29) is 11.3 Å². The maximum absolute atomic E-state index is 13.4. The monoisotopic (exact) mass is 397 g/mol. The molecule has 148 valence electrons. The van der Waals surface area contributed by atoms with Crippen LogP contribution in [-0.4, -0.2) is 31.2 Å². The van der Waals surface area contributed by atoms with Crippen molar-refractivity contribution in [1.82, 2.24) is 24.5 Å². The zero-order valence-electron chi connectivity index (χ0n) is 15.3. The highest BCUT2D eigenvalue weighted by atomic mass is 19.3. The molecule has 0 aliphatic heterocycles. The Labute approximate surface area is 163 Å². The molecule has 1 aliphatic carbocycles. The van der Waals surface area contributed by atoms with Gasteiger partial charge in [-0.1, -0.05) is 12.1 Å². The molecule has 0 radical (unpaired) electrons. The van der Waals surface area contributed by atoms with Crippen molar-refractivity contribution < 1.29 is 13.5 Å². The zero-order valence-corrected chi connectivity index (χ0v) is 15.3. The summed E-state index contributed by atoms with van der Waals surface area (Å²) in [7, 11) is 0. The van der Waals surface area contributed by atoms with Gasteiger partial charge in [0, 0.05) is 18.9 Å². The van der Waals surface area contributed by atoms with Crippen LogP contribution < -0.4 is 10.3 Å². The summed E-state index contributed by atoms with van der Waals surface area (Å²) in [6, 6.07) is 7.97. The smallest absolute Gasteiger partial charge is 0.387 e. The molecule has 0 atom stereocenters. The average molecular weight is 397 g/mol. The molecule has 3 aromatic heterocycles. The number of rotatable bonds is 6. The summed E-state index contributed by atoms with van der Waals surface area (Å²) in [5.74, 6) is 0.647. The third kappa shape index (κ3) is 3.28. The first kappa shape index (κ1) is 17.6. The van der Waals surface area contributed by atoms with Crippen molar-refractivity contribution in [3.8, 4) is 22.6 Å². The standard InChI is InChI=1S/C20H17F2N5O2/c21-20(22)29-15-5-3-13(4-6-15)17-18-16(7-8-26(18)11-12-1-2-12)25-27(19(17)28)14-9-23-24-10-14/h3-10,12,20H,1-2,11H2,(H,23,24). The summed E-state index contributed by atoms with van der Waals surface area (Å²) in [6.45, 7) is -2.08. The van der Waals surface area contributed by atoms with Gasteiger partial charge in [-0.2, -0.15) is 23.7 Å². The van der Waals surface area contributed by atoms with Crippen LogP contribution in [0.4, 0.5) is 8.78 Å². The van der Waals surface area contributed by atoms with Crippen LogP contribution in [0, 0.1) is 5.92 Å². The molecule has 0 unspecified atom stereocenters. The van der Waals surface area contributed by atoms with Crippen molar-refractivity contribution in [2.24, 2.45) is 5.92 Å². The van der Waals surface area contributed by atoms with E-state index in [4.69, 9.17) is 0 Å². The molecule has 3 heterocycles. The molecule has 1 saturated carbocycles. The number of ether oxygens (including phenoxy) is 1. The van der Waals surface area contributed by atoms with Gasteiger partial charge in [0.05, 0.1) is 17.3 Å². The molecule has 1 N–H and O–H groups in total. The van der Waals surface area contributed by atoms with Gasteiger partial charge in [-0.15, -0.1) is 0 Å². The second-order valence-corrected chi connectivity index (χ2v) is 7.10. The van der Waals surface area contributed by atoms with Gasteiger partial charge >= 0.3 is 6.61 Å². The van der Waals surface area contributed by atoms with Crippen molar-refractivity contribution in [2.75, 3.05) is 0 Å². The number of nitrogens with one attached hydrogen (secondary N) is 1. The molecule has 9 heteroatoms. The molecule has 4 aromatic rings. The van der Waals surface area contributed by atoms with Gasteiger partial charge in [0.2, 0.25) is 0 Å². The summed E-state index contributed by atoms with van der Waals surface area (Å²) < 4.78 is 32.7. The molecule has 0 saturated heterocycles. The molecular weight excluding hydrogens is 380 g/mol. The van der Waals surface area contributed by atoms with Crippen molar-refractivity contribution in [1.29, 1.82) is 0 Å². The van der Waals surface area contributed by atoms with E-state index < -0.39 is 6.61 Å². The number of halogens is 2. The van der Waals surface area contributed by atoms with Crippen LogP contribution >= 0.6 is 0 Å². The van der Waals surface area contributed by atoms with E-state index in [1.165, 1.54) is 35.9 Å². The number of hydrogen-bond donors (Lipinski definition) is 1. The second kappa shape index (κ2) is 6.84. The Morgan fingerprint density at radius 3 is 2.66 bits per heavy atom. The third-order valence-corrected chi connectivity index (χ3v) is 5.04. The minimum Gasteiger partial charge on any atom is -0.435 e. The Bertz CT molecular complexity index is 1210. The summed E-state index contributed by atoms with van der Waals surface area (Å²) in [4.78, 5) is 13.4. The Balaban J connectivity index is 1.71. The van der Waals surface area contributed by atoms with E-state index in [2.05, 4.69) is 24.6 Å². The fourth-order valence-corrected chi connectivity index (χ4v) is 3.50. The van der Waals surface area contributed by atoms with Crippen LogP contribution in [0.15, 0.2) is 53.7 Å². The van der Waals surface area contributed by atoms with Crippen molar-refractivity contribution in [2.45, 2.75) is 26.0 Å². The first-order valence-corrected chi connectivity index (χ1v) is 9.27. The van der Waals surface area contributed by atoms with Crippen LogP contribution in [-0.2, 0) is 6.54 Å². The summed E-state index contributed by atoms with van der Waals surface area (Å²) in [5, 5.41) is 11.1. The lowest BCUT2D eigenvalue weighted by Crippen LogP contribution is -2.23. The number of H-pyrrole nitrogens is 1.